The first kappa shape index (κ1) is 15.3. The molecule has 1 aromatic rings. The van der Waals surface area contributed by atoms with Gasteiger partial charge >= 0.3 is 0 Å². The second kappa shape index (κ2) is 7.56. The van der Waals surface area contributed by atoms with Gasteiger partial charge < -0.3 is 5.32 Å². The third kappa shape index (κ3) is 4.18. The number of nitrogens with one attached hydrogen (secondary N) is 1. The highest BCUT2D eigenvalue weighted by Gasteiger charge is 2.26. The van der Waals surface area contributed by atoms with Gasteiger partial charge in [-0.05, 0) is 19.3 Å². The maximum Gasteiger partial charge on any atom is 0.182 e. The fourth-order valence-corrected chi connectivity index (χ4v) is 4.35. The second-order valence-corrected chi connectivity index (χ2v) is 7.42. The van der Waals surface area contributed by atoms with E-state index >= 15 is 0 Å². The molecule has 2 fully saturated rings. The van der Waals surface area contributed by atoms with E-state index in [-0.39, 0.29) is 0 Å². The number of hydrogen-bond acceptors (Lipinski definition) is 5. The molecule has 5 heteroatoms. The highest BCUT2D eigenvalue weighted by molar-refractivity contribution is 7.15. The minimum absolute atomic E-state index is 0.889. The highest BCUT2D eigenvalue weighted by Crippen LogP contribution is 2.25. The van der Waals surface area contributed by atoms with Gasteiger partial charge in [0.1, 0.15) is 0 Å². The highest BCUT2D eigenvalue weighted by atomic mass is 32.1. The molecule has 0 bridgehead atoms. The molecule has 0 unspecified atom stereocenters. The lowest BCUT2D eigenvalue weighted by Gasteiger charge is -2.37. The molecule has 1 N–H and O–H groups in total. The number of nitrogens with zero attached hydrogens (tertiary/aromatic N) is 3. The SMILES string of the molecule is CCCNc1ncc(CN2CCN(C3CCCC3)CC2)s1. The summed E-state index contributed by atoms with van der Waals surface area (Å²) in [6, 6.07) is 0.889. The summed E-state index contributed by atoms with van der Waals surface area (Å²) < 4.78 is 0. The van der Waals surface area contributed by atoms with E-state index in [9.17, 15) is 0 Å². The molecule has 0 radical (unpaired) electrons. The van der Waals surface area contributed by atoms with Crippen LogP contribution in [0.5, 0.6) is 0 Å². The Morgan fingerprint density at radius 1 is 1.24 bits per heavy atom. The third-order valence-corrected chi connectivity index (χ3v) is 5.65. The lowest BCUT2D eigenvalue weighted by Crippen LogP contribution is -2.49. The molecule has 1 saturated heterocycles. The van der Waals surface area contributed by atoms with Gasteiger partial charge in [-0.15, -0.1) is 11.3 Å². The summed E-state index contributed by atoms with van der Waals surface area (Å²) in [5.74, 6) is 0. The lowest BCUT2D eigenvalue weighted by atomic mass is 10.2. The Labute approximate surface area is 132 Å². The quantitative estimate of drug-likeness (QED) is 0.875. The summed E-state index contributed by atoms with van der Waals surface area (Å²) in [5.41, 5.74) is 0. The number of aromatic nitrogens is 1. The van der Waals surface area contributed by atoms with Crippen LogP contribution in [0.4, 0.5) is 5.13 Å². The zero-order chi connectivity index (χ0) is 14.5. The van der Waals surface area contributed by atoms with Gasteiger partial charge in [-0.25, -0.2) is 4.98 Å². The average Bonchev–Trinajstić information content (AvgIpc) is 3.17. The van der Waals surface area contributed by atoms with Gasteiger partial charge in [0.25, 0.3) is 0 Å². The van der Waals surface area contributed by atoms with Crippen LogP contribution in [0.3, 0.4) is 0 Å². The largest absolute Gasteiger partial charge is 0.362 e. The first-order valence-corrected chi connectivity index (χ1v) is 9.32. The Bertz CT molecular complexity index is 420. The van der Waals surface area contributed by atoms with E-state index < -0.39 is 0 Å². The van der Waals surface area contributed by atoms with E-state index in [1.165, 1.54) is 56.7 Å². The molecule has 0 amide bonds. The predicted octanol–water partition coefficient (Wildman–Crippen LogP) is 3.03. The van der Waals surface area contributed by atoms with E-state index in [0.717, 1.165) is 30.7 Å². The molecule has 1 aromatic heterocycles. The summed E-state index contributed by atoms with van der Waals surface area (Å²) in [6.45, 7) is 9.22. The first-order chi connectivity index (χ1) is 10.3. The van der Waals surface area contributed by atoms with Gasteiger partial charge in [0.05, 0.1) is 0 Å². The zero-order valence-electron chi connectivity index (χ0n) is 13.2. The van der Waals surface area contributed by atoms with Crippen molar-refractivity contribution in [1.29, 1.82) is 0 Å². The summed E-state index contributed by atoms with van der Waals surface area (Å²) in [5, 5.41) is 4.46. The maximum absolute atomic E-state index is 4.47. The van der Waals surface area contributed by atoms with E-state index in [1.807, 2.05) is 17.5 Å². The lowest BCUT2D eigenvalue weighted by molar-refractivity contribution is 0.0943. The smallest absolute Gasteiger partial charge is 0.182 e. The second-order valence-electron chi connectivity index (χ2n) is 6.31. The van der Waals surface area contributed by atoms with Gasteiger partial charge in [-0.3, -0.25) is 9.80 Å². The fourth-order valence-electron chi connectivity index (χ4n) is 3.47. The van der Waals surface area contributed by atoms with Crippen LogP contribution in [0.15, 0.2) is 6.20 Å². The van der Waals surface area contributed by atoms with Gasteiger partial charge in [0.2, 0.25) is 0 Å². The first-order valence-electron chi connectivity index (χ1n) is 8.50. The van der Waals surface area contributed by atoms with E-state index in [1.54, 1.807) is 0 Å². The number of thiazole rings is 1. The van der Waals surface area contributed by atoms with Gasteiger partial charge in [0, 0.05) is 56.4 Å². The van der Waals surface area contributed by atoms with Gasteiger partial charge in [-0.1, -0.05) is 19.8 Å². The van der Waals surface area contributed by atoms with Crippen LogP contribution >= 0.6 is 11.3 Å². The van der Waals surface area contributed by atoms with Crippen LogP contribution in [-0.2, 0) is 6.54 Å². The topological polar surface area (TPSA) is 31.4 Å². The van der Waals surface area contributed by atoms with Crippen LogP contribution in [0, 0.1) is 0 Å². The molecular formula is C16H28N4S. The maximum atomic E-state index is 4.47. The van der Waals surface area contributed by atoms with Crippen molar-refractivity contribution in [2.45, 2.75) is 51.6 Å². The molecule has 0 aromatic carbocycles. The summed E-state index contributed by atoms with van der Waals surface area (Å²) in [4.78, 5) is 11.2. The van der Waals surface area contributed by atoms with Crippen molar-refractivity contribution in [3.05, 3.63) is 11.1 Å². The van der Waals surface area contributed by atoms with E-state index in [2.05, 4.69) is 27.0 Å². The molecule has 21 heavy (non-hydrogen) atoms. The summed E-state index contributed by atoms with van der Waals surface area (Å²) >= 11 is 1.82. The van der Waals surface area contributed by atoms with Crippen LogP contribution < -0.4 is 5.32 Å². The molecule has 3 rings (SSSR count). The van der Waals surface area contributed by atoms with Crippen molar-refractivity contribution in [2.75, 3.05) is 38.0 Å². The van der Waals surface area contributed by atoms with Gasteiger partial charge in [0.15, 0.2) is 5.13 Å². The van der Waals surface area contributed by atoms with Crippen molar-refractivity contribution in [1.82, 2.24) is 14.8 Å². The normalized spacial score (nSPS) is 22.0. The molecule has 4 nitrogen and oxygen atoms in total. The van der Waals surface area contributed by atoms with Crippen LogP contribution in [0.2, 0.25) is 0 Å². The molecule has 118 valence electrons. The molecule has 1 aliphatic carbocycles. The van der Waals surface area contributed by atoms with Crippen molar-refractivity contribution >= 4 is 16.5 Å². The fraction of sp³-hybridized carbons (Fsp3) is 0.812. The average molecular weight is 308 g/mol. The molecular weight excluding hydrogens is 280 g/mol. The zero-order valence-corrected chi connectivity index (χ0v) is 14.0. The molecule has 2 heterocycles. The molecule has 2 aliphatic rings. The van der Waals surface area contributed by atoms with E-state index in [4.69, 9.17) is 0 Å². The Kier molecular flexibility index (Phi) is 5.49. The van der Waals surface area contributed by atoms with Crippen molar-refractivity contribution in [2.24, 2.45) is 0 Å². The molecule has 0 atom stereocenters. The number of hydrogen-bond donors (Lipinski definition) is 1. The van der Waals surface area contributed by atoms with Gasteiger partial charge in [-0.2, -0.15) is 0 Å². The minimum atomic E-state index is 0.889. The predicted molar refractivity (Wildman–Crippen MR) is 90.0 cm³/mol. The minimum Gasteiger partial charge on any atom is -0.362 e. The Hall–Kier alpha value is -0.650. The molecule has 1 aliphatic heterocycles. The number of rotatable bonds is 6. The summed E-state index contributed by atoms with van der Waals surface area (Å²) in [6.07, 6.45) is 8.95. The van der Waals surface area contributed by atoms with Crippen molar-refractivity contribution in [3.63, 3.8) is 0 Å². The Morgan fingerprint density at radius 2 is 2.00 bits per heavy atom. The monoisotopic (exact) mass is 308 g/mol. The van der Waals surface area contributed by atoms with Crippen LogP contribution in [0.1, 0.15) is 43.9 Å². The number of piperazine rings is 1. The van der Waals surface area contributed by atoms with Crippen LogP contribution in [0.25, 0.3) is 0 Å². The standard InChI is InChI=1S/C16H28N4S/c1-2-7-17-16-18-12-15(21-16)13-19-8-10-20(11-9-19)14-5-3-4-6-14/h12,14H,2-11,13H2,1H3,(H,17,18). The Balaban J connectivity index is 1.43. The molecule has 0 spiro atoms. The third-order valence-electron chi connectivity index (χ3n) is 4.71. The van der Waals surface area contributed by atoms with Crippen molar-refractivity contribution < 1.29 is 0 Å². The van der Waals surface area contributed by atoms with Crippen LogP contribution in [-0.4, -0.2) is 53.5 Å². The van der Waals surface area contributed by atoms with Crippen molar-refractivity contribution in [3.8, 4) is 0 Å². The molecule has 1 saturated carbocycles. The Morgan fingerprint density at radius 3 is 2.71 bits per heavy atom. The summed E-state index contributed by atoms with van der Waals surface area (Å²) in [7, 11) is 0. The number of anilines is 1. The van der Waals surface area contributed by atoms with E-state index in [0.29, 0.717) is 0 Å².